The molecule has 0 saturated carbocycles. The van der Waals surface area contributed by atoms with Gasteiger partial charge >= 0.3 is 0 Å². The fraction of sp³-hybridized carbons (Fsp3) is 0.375. The Bertz CT molecular complexity index is 189. The van der Waals surface area contributed by atoms with E-state index in [4.69, 9.17) is 0 Å². The van der Waals surface area contributed by atoms with Crippen LogP contribution in [0.25, 0.3) is 0 Å². The van der Waals surface area contributed by atoms with Crippen molar-refractivity contribution in [2.45, 2.75) is 6.42 Å². The zero-order chi connectivity index (χ0) is 7.94. The molecular weight excluding hydrogens is 156 g/mol. The van der Waals surface area contributed by atoms with Gasteiger partial charge < -0.3 is 0 Å². The molecule has 0 bridgehead atoms. The number of pyridine rings is 1. The van der Waals surface area contributed by atoms with E-state index in [-0.39, 0.29) is 0 Å². The summed E-state index contributed by atoms with van der Waals surface area (Å²) < 4.78 is 3.19. The predicted octanol–water partition coefficient (Wildman–Crippen LogP) is 1.49. The maximum absolute atomic E-state index is 4.03. The van der Waals surface area contributed by atoms with Crippen molar-refractivity contribution in [3.8, 4) is 0 Å². The van der Waals surface area contributed by atoms with E-state index in [1.165, 1.54) is 5.56 Å². The molecule has 0 spiro atoms. The lowest BCUT2D eigenvalue weighted by Crippen LogP contribution is -2.07. The molecule has 0 amide bonds. The van der Waals surface area contributed by atoms with Gasteiger partial charge in [-0.3, -0.25) is 9.71 Å². The Hall–Kier alpha value is -0.540. The third-order valence-corrected chi connectivity index (χ3v) is 1.88. The first-order valence-electron chi connectivity index (χ1n) is 3.58. The molecule has 0 fully saturated rings. The first-order valence-corrected chi connectivity index (χ1v) is 4.80. The van der Waals surface area contributed by atoms with Crippen LogP contribution < -0.4 is 4.72 Å². The minimum absolute atomic E-state index is 1.01. The van der Waals surface area contributed by atoms with Crippen molar-refractivity contribution in [2.75, 3.05) is 12.8 Å². The Balaban J connectivity index is 2.28. The number of nitrogens with one attached hydrogen (secondary N) is 1. The highest BCUT2D eigenvalue weighted by Gasteiger charge is 1.89. The standard InChI is InChI=1S/C8H12N2S/c1-11-10-6-4-8-3-2-5-9-7-8/h2-3,5,7,10H,4,6H2,1H3. The fourth-order valence-electron chi connectivity index (χ4n) is 0.843. The zero-order valence-electron chi connectivity index (χ0n) is 6.58. The first-order chi connectivity index (χ1) is 5.43. The summed E-state index contributed by atoms with van der Waals surface area (Å²) in [4.78, 5) is 4.03. The van der Waals surface area contributed by atoms with E-state index >= 15 is 0 Å². The molecule has 1 heterocycles. The molecule has 0 aliphatic carbocycles. The lowest BCUT2D eigenvalue weighted by molar-refractivity contribution is 0.904. The Morgan fingerprint density at radius 1 is 1.64 bits per heavy atom. The third-order valence-electron chi connectivity index (χ3n) is 1.38. The van der Waals surface area contributed by atoms with Crippen molar-refractivity contribution in [3.63, 3.8) is 0 Å². The molecule has 1 rings (SSSR count). The second-order valence-corrected chi connectivity index (χ2v) is 2.91. The Labute approximate surface area is 71.6 Å². The number of nitrogens with zero attached hydrogens (tertiary/aromatic N) is 1. The average Bonchev–Trinajstić information content (AvgIpc) is 2.07. The van der Waals surface area contributed by atoms with Gasteiger partial charge in [0.15, 0.2) is 0 Å². The van der Waals surface area contributed by atoms with Crippen LogP contribution in [0.1, 0.15) is 5.56 Å². The van der Waals surface area contributed by atoms with Gasteiger partial charge in [0.2, 0.25) is 0 Å². The Morgan fingerprint density at radius 2 is 2.55 bits per heavy atom. The van der Waals surface area contributed by atoms with Crippen molar-refractivity contribution in [2.24, 2.45) is 0 Å². The van der Waals surface area contributed by atoms with E-state index in [0.29, 0.717) is 0 Å². The molecule has 0 unspecified atom stereocenters. The average molecular weight is 168 g/mol. The van der Waals surface area contributed by atoms with Gasteiger partial charge in [-0.25, -0.2) is 0 Å². The van der Waals surface area contributed by atoms with Crippen LogP contribution in [0, 0.1) is 0 Å². The van der Waals surface area contributed by atoms with Gasteiger partial charge in [0, 0.05) is 18.9 Å². The molecule has 3 heteroatoms. The molecule has 0 aliphatic heterocycles. The van der Waals surface area contributed by atoms with Crippen LogP contribution in [-0.2, 0) is 6.42 Å². The number of aromatic nitrogens is 1. The highest BCUT2D eigenvalue weighted by molar-refractivity contribution is 7.96. The van der Waals surface area contributed by atoms with Crippen molar-refractivity contribution >= 4 is 11.9 Å². The lowest BCUT2D eigenvalue weighted by atomic mass is 10.2. The predicted molar refractivity (Wildman–Crippen MR) is 49.5 cm³/mol. The molecule has 1 N–H and O–H groups in total. The fourth-order valence-corrected chi connectivity index (χ4v) is 1.15. The quantitative estimate of drug-likeness (QED) is 0.544. The largest absolute Gasteiger partial charge is 0.264 e. The van der Waals surface area contributed by atoms with Crippen molar-refractivity contribution in [1.29, 1.82) is 0 Å². The van der Waals surface area contributed by atoms with Crippen LogP contribution >= 0.6 is 11.9 Å². The molecule has 0 atom stereocenters. The smallest absolute Gasteiger partial charge is 0.0300 e. The second kappa shape index (κ2) is 5.16. The summed E-state index contributed by atoms with van der Waals surface area (Å²) in [5.74, 6) is 0. The van der Waals surface area contributed by atoms with E-state index < -0.39 is 0 Å². The minimum atomic E-state index is 1.01. The number of rotatable bonds is 4. The van der Waals surface area contributed by atoms with Crippen LogP contribution in [-0.4, -0.2) is 17.8 Å². The van der Waals surface area contributed by atoms with E-state index in [2.05, 4.69) is 15.8 Å². The molecule has 1 aromatic heterocycles. The van der Waals surface area contributed by atoms with Gasteiger partial charge in [-0.1, -0.05) is 18.0 Å². The van der Waals surface area contributed by atoms with Gasteiger partial charge in [0.25, 0.3) is 0 Å². The van der Waals surface area contributed by atoms with E-state index in [9.17, 15) is 0 Å². The minimum Gasteiger partial charge on any atom is -0.264 e. The number of hydrogen-bond donors (Lipinski definition) is 1. The summed E-state index contributed by atoms with van der Waals surface area (Å²) in [6.07, 6.45) is 6.78. The van der Waals surface area contributed by atoms with Crippen molar-refractivity contribution in [3.05, 3.63) is 30.1 Å². The summed E-state index contributed by atoms with van der Waals surface area (Å²) in [6.45, 7) is 1.01. The van der Waals surface area contributed by atoms with E-state index in [0.717, 1.165) is 13.0 Å². The third kappa shape index (κ3) is 3.39. The van der Waals surface area contributed by atoms with E-state index in [1.807, 2.05) is 18.5 Å². The molecular formula is C8H12N2S. The van der Waals surface area contributed by atoms with Crippen LogP contribution in [0.15, 0.2) is 24.5 Å². The van der Waals surface area contributed by atoms with Gasteiger partial charge in [0.1, 0.15) is 0 Å². The van der Waals surface area contributed by atoms with Gasteiger partial charge in [-0.05, 0) is 24.3 Å². The van der Waals surface area contributed by atoms with Crippen LogP contribution in [0.4, 0.5) is 0 Å². The lowest BCUT2D eigenvalue weighted by Gasteiger charge is -1.99. The summed E-state index contributed by atoms with van der Waals surface area (Å²) in [7, 11) is 0. The molecule has 0 aromatic carbocycles. The normalized spacial score (nSPS) is 9.91. The summed E-state index contributed by atoms with van der Waals surface area (Å²) in [5, 5.41) is 0. The molecule has 60 valence electrons. The van der Waals surface area contributed by atoms with Crippen molar-refractivity contribution in [1.82, 2.24) is 9.71 Å². The van der Waals surface area contributed by atoms with Crippen LogP contribution in [0.5, 0.6) is 0 Å². The van der Waals surface area contributed by atoms with Gasteiger partial charge in [-0.2, -0.15) is 0 Å². The van der Waals surface area contributed by atoms with Crippen LogP contribution in [0.3, 0.4) is 0 Å². The van der Waals surface area contributed by atoms with Gasteiger partial charge in [-0.15, -0.1) is 0 Å². The zero-order valence-corrected chi connectivity index (χ0v) is 7.40. The summed E-state index contributed by atoms with van der Waals surface area (Å²) in [6, 6.07) is 4.06. The Morgan fingerprint density at radius 3 is 3.18 bits per heavy atom. The molecule has 1 aromatic rings. The highest BCUT2D eigenvalue weighted by atomic mass is 32.2. The molecule has 11 heavy (non-hydrogen) atoms. The maximum atomic E-state index is 4.03. The monoisotopic (exact) mass is 168 g/mol. The highest BCUT2D eigenvalue weighted by Crippen LogP contribution is 1.96. The van der Waals surface area contributed by atoms with Gasteiger partial charge in [0.05, 0.1) is 0 Å². The first kappa shape index (κ1) is 8.56. The molecule has 0 radical (unpaired) electrons. The van der Waals surface area contributed by atoms with Crippen LogP contribution in [0.2, 0.25) is 0 Å². The van der Waals surface area contributed by atoms with Crippen molar-refractivity contribution < 1.29 is 0 Å². The second-order valence-electron chi connectivity index (χ2n) is 2.21. The summed E-state index contributed by atoms with van der Waals surface area (Å²) >= 11 is 1.65. The topological polar surface area (TPSA) is 24.9 Å². The molecule has 2 nitrogen and oxygen atoms in total. The maximum Gasteiger partial charge on any atom is 0.0300 e. The molecule has 0 saturated heterocycles. The summed E-state index contributed by atoms with van der Waals surface area (Å²) in [5.41, 5.74) is 1.29. The SMILES string of the molecule is CSNCCc1cccnc1. The Kier molecular flexibility index (Phi) is 4.01. The van der Waals surface area contributed by atoms with E-state index in [1.54, 1.807) is 18.1 Å². The molecule has 0 aliphatic rings. The number of hydrogen-bond acceptors (Lipinski definition) is 3.